The highest BCUT2D eigenvalue weighted by molar-refractivity contribution is 5.67. The highest BCUT2D eigenvalue weighted by Crippen LogP contribution is 2.47. The summed E-state index contributed by atoms with van der Waals surface area (Å²) in [6.45, 7) is 6.37. The first-order chi connectivity index (χ1) is 11.9. The summed E-state index contributed by atoms with van der Waals surface area (Å²) in [7, 11) is 0. The number of nitrogens with zero attached hydrogens (tertiary/aromatic N) is 1. The molecular formula is C21H25NO3. The maximum absolute atomic E-state index is 11.6. The molecule has 1 saturated carbocycles. The van der Waals surface area contributed by atoms with E-state index in [0.717, 1.165) is 17.7 Å². The van der Waals surface area contributed by atoms with Crippen LogP contribution in [0.3, 0.4) is 0 Å². The molecule has 2 atom stereocenters. The van der Waals surface area contributed by atoms with Crippen LogP contribution in [-0.2, 0) is 6.61 Å². The van der Waals surface area contributed by atoms with Crippen molar-refractivity contribution in [2.75, 3.05) is 0 Å². The predicted octanol–water partition coefficient (Wildman–Crippen LogP) is 4.90. The van der Waals surface area contributed by atoms with Crippen molar-refractivity contribution in [3.05, 3.63) is 65.7 Å². The zero-order valence-electron chi connectivity index (χ0n) is 15.0. The van der Waals surface area contributed by atoms with E-state index in [4.69, 9.17) is 4.74 Å². The summed E-state index contributed by atoms with van der Waals surface area (Å²) in [6, 6.07) is 18.2. The lowest BCUT2D eigenvalue weighted by Gasteiger charge is -2.33. The van der Waals surface area contributed by atoms with Gasteiger partial charge in [-0.3, -0.25) is 4.90 Å². The molecule has 132 valence electrons. The van der Waals surface area contributed by atoms with Crippen LogP contribution in [0.1, 0.15) is 44.2 Å². The largest absolute Gasteiger partial charge is 0.489 e. The van der Waals surface area contributed by atoms with Gasteiger partial charge in [0.25, 0.3) is 0 Å². The van der Waals surface area contributed by atoms with E-state index in [2.05, 4.69) is 0 Å². The van der Waals surface area contributed by atoms with Gasteiger partial charge in [-0.2, -0.15) is 0 Å². The first-order valence-corrected chi connectivity index (χ1v) is 8.65. The van der Waals surface area contributed by atoms with E-state index in [1.54, 1.807) is 4.90 Å². The van der Waals surface area contributed by atoms with Gasteiger partial charge in [-0.05, 0) is 50.5 Å². The Morgan fingerprint density at radius 2 is 1.76 bits per heavy atom. The quantitative estimate of drug-likeness (QED) is 0.843. The predicted molar refractivity (Wildman–Crippen MR) is 98.0 cm³/mol. The van der Waals surface area contributed by atoms with Crippen molar-refractivity contribution < 1.29 is 14.6 Å². The van der Waals surface area contributed by atoms with Gasteiger partial charge in [-0.1, -0.05) is 42.5 Å². The summed E-state index contributed by atoms with van der Waals surface area (Å²) in [5.74, 6) is 1.11. The fourth-order valence-corrected chi connectivity index (χ4v) is 3.30. The molecular weight excluding hydrogens is 314 g/mol. The fourth-order valence-electron chi connectivity index (χ4n) is 3.30. The first kappa shape index (κ1) is 17.3. The van der Waals surface area contributed by atoms with Crippen molar-refractivity contribution >= 4 is 6.09 Å². The number of carbonyl (C=O) groups is 1. The molecule has 4 heteroatoms. The van der Waals surface area contributed by atoms with E-state index in [0.29, 0.717) is 6.61 Å². The Morgan fingerprint density at radius 3 is 2.32 bits per heavy atom. The van der Waals surface area contributed by atoms with E-state index in [-0.39, 0.29) is 17.5 Å². The van der Waals surface area contributed by atoms with E-state index in [1.807, 2.05) is 75.4 Å². The first-order valence-electron chi connectivity index (χ1n) is 8.65. The Morgan fingerprint density at radius 1 is 1.12 bits per heavy atom. The van der Waals surface area contributed by atoms with E-state index in [1.165, 1.54) is 5.56 Å². The summed E-state index contributed by atoms with van der Waals surface area (Å²) in [5.41, 5.74) is 1.92. The van der Waals surface area contributed by atoms with Crippen LogP contribution in [0.15, 0.2) is 54.6 Å². The van der Waals surface area contributed by atoms with Crippen molar-refractivity contribution in [2.45, 2.75) is 51.3 Å². The lowest BCUT2D eigenvalue weighted by Crippen LogP contribution is -2.46. The minimum atomic E-state index is -0.845. The van der Waals surface area contributed by atoms with Gasteiger partial charge < -0.3 is 9.84 Å². The molecule has 3 rings (SSSR count). The van der Waals surface area contributed by atoms with Crippen molar-refractivity contribution in [1.82, 2.24) is 4.90 Å². The van der Waals surface area contributed by atoms with E-state index in [9.17, 15) is 9.90 Å². The SMILES string of the molecule is CC(C)(C)N(C(=O)O)[C@@H]1C[C@H]1c1ccc(OCc2ccccc2)cc1. The molecule has 0 unspecified atom stereocenters. The number of rotatable bonds is 5. The van der Waals surface area contributed by atoms with Gasteiger partial charge in [0.1, 0.15) is 12.4 Å². The molecule has 1 N–H and O–H groups in total. The maximum atomic E-state index is 11.6. The Labute approximate surface area is 149 Å². The number of hydrogen-bond acceptors (Lipinski definition) is 2. The lowest BCUT2D eigenvalue weighted by molar-refractivity contribution is 0.0940. The minimum Gasteiger partial charge on any atom is -0.489 e. The zero-order chi connectivity index (χ0) is 18.0. The van der Waals surface area contributed by atoms with Crippen molar-refractivity contribution in [3.8, 4) is 5.75 Å². The Kier molecular flexibility index (Phi) is 4.71. The average molecular weight is 339 g/mol. The van der Waals surface area contributed by atoms with Gasteiger partial charge in [-0.25, -0.2) is 4.79 Å². The standard InChI is InChI=1S/C21H25NO3/c1-21(2,3)22(20(23)24)19-13-18(19)16-9-11-17(12-10-16)25-14-15-7-5-4-6-8-15/h4-12,18-19H,13-14H2,1-3H3,(H,23,24)/t18-,19+/m0/s1. The summed E-state index contributed by atoms with van der Waals surface area (Å²) in [6.07, 6.45) is 0.0381. The second kappa shape index (κ2) is 6.79. The summed E-state index contributed by atoms with van der Waals surface area (Å²) in [5, 5.41) is 9.51. The van der Waals surface area contributed by atoms with Crippen LogP contribution in [0.5, 0.6) is 5.75 Å². The van der Waals surface area contributed by atoms with Gasteiger partial charge in [-0.15, -0.1) is 0 Å². The highest BCUT2D eigenvalue weighted by atomic mass is 16.5. The number of carboxylic acid groups (broad SMARTS) is 1. The number of amides is 1. The molecule has 1 amide bonds. The van der Waals surface area contributed by atoms with Crippen LogP contribution in [-0.4, -0.2) is 27.7 Å². The van der Waals surface area contributed by atoms with Crippen LogP contribution in [0.2, 0.25) is 0 Å². The Balaban J connectivity index is 1.61. The molecule has 4 nitrogen and oxygen atoms in total. The molecule has 2 aromatic carbocycles. The van der Waals surface area contributed by atoms with E-state index < -0.39 is 6.09 Å². The maximum Gasteiger partial charge on any atom is 0.408 e. The van der Waals surface area contributed by atoms with Crippen molar-refractivity contribution in [2.24, 2.45) is 0 Å². The molecule has 0 spiro atoms. The summed E-state index contributed by atoms with van der Waals surface area (Å²) in [4.78, 5) is 13.2. The van der Waals surface area contributed by atoms with Crippen LogP contribution >= 0.6 is 0 Å². The smallest absolute Gasteiger partial charge is 0.408 e. The molecule has 2 aromatic rings. The topological polar surface area (TPSA) is 49.8 Å². The number of hydrogen-bond donors (Lipinski definition) is 1. The third-order valence-electron chi connectivity index (χ3n) is 4.57. The molecule has 1 aliphatic carbocycles. The van der Waals surface area contributed by atoms with Crippen LogP contribution in [0.25, 0.3) is 0 Å². The molecule has 0 aliphatic heterocycles. The zero-order valence-corrected chi connectivity index (χ0v) is 15.0. The molecule has 0 aromatic heterocycles. The Bertz CT molecular complexity index is 719. The minimum absolute atomic E-state index is 0.0635. The monoisotopic (exact) mass is 339 g/mol. The molecule has 0 heterocycles. The van der Waals surface area contributed by atoms with Crippen LogP contribution in [0.4, 0.5) is 4.79 Å². The highest BCUT2D eigenvalue weighted by Gasteiger charge is 2.48. The van der Waals surface area contributed by atoms with E-state index >= 15 is 0 Å². The van der Waals surface area contributed by atoms with Crippen LogP contribution < -0.4 is 4.74 Å². The molecule has 1 fully saturated rings. The third kappa shape index (κ3) is 4.13. The van der Waals surface area contributed by atoms with Gasteiger partial charge in [0.2, 0.25) is 0 Å². The summed E-state index contributed by atoms with van der Waals surface area (Å²) < 4.78 is 5.81. The molecule has 0 radical (unpaired) electrons. The van der Waals surface area contributed by atoms with Crippen molar-refractivity contribution in [3.63, 3.8) is 0 Å². The molecule has 1 aliphatic rings. The van der Waals surface area contributed by atoms with Crippen LogP contribution in [0, 0.1) is 0 Å². The average Bonchev–Trinajstić information content (AvgIpc) is 3.32. The molecule has 0 bridgehead atoms. The van der Waals surface area contributed by atoms with Gasteiger partial charge >= 0.3 is 6.09 Å². The van der Waals surface area contributed by atoms with Gasteiger partial charge in [0.05, 0.1) is 0 Å². The fraction of sp³-hybridized carbons (Fsp3) is 0.381. The second-order valence-electron chi connectivity index (χ2n) is 7.58. The molecule has 0 saturated heterocycles. The number of benzene rings is 2. The second-order valence-corrected chi connectivity index (χ2v) is 7.58. The normalized spacial score (nSPS) is 19.3. The Hall–Kier alpha value is -2.49. The lowest BCUT2D eigenvalue weighted by atomic mass is 10.1. The van der Waals surface area contributed by atoms with Crippen molar-refractivity contribution in [1.29, 1.82) is 0 Å². The van der Waals surface area contributed by atoms with Gasteiger partial charge in [0.15, 0.2) is 0 Å². The number of ether oxygens (including phenoxy) is 1. The summed E-state index contributed by atoms with van der Waals surface area (Å²) >= 11 is 0. The third-order valence-corrected chi connectivity index (χ3v) is 4.57. The molecule has 25 heavy (non-hydrogen) atoms. The van der Waals surface area contributed by atoms with Gasteiger partial charge in [0, 0.05) is 17.5 Å².